The monoisotopic (exact) mass is 449 g/mol. The largest absolute Gasteiger partial charge is 0.379 e. The molecule has 0 bridgehead atoms. The molecule has 2 aromatic carbocycles. The molecule has 1 saturated heterocycles. The Kier molecular flexibility index (Phi) is 12.8. The van der Waals surface area contributed by atoms with Crippen molar-refractivity contribution in [3.8, 4) is 12.8 Å². The van der Waals surface area contributed by atoms with E-state index in [-0.39, 0.29) is 11.9 Å². The summed E-state index contributed by atoms with van der Waals surface area (Å²) < 4.78 is 38.1. The fraction of sp³-hybridized carbons (Fsp3) is 0.400. The van der Waals surface area contributed by atoms with Crippen LogP contribution in [0.3, 0.4) is 0 Å². The lowest BCUT2D eigenvalue weighted by Crippen LogP contribution is -2.34. The zero-order valence-electron chi connectivity index (χ0n) is 18.2. The van der Waals surface area contributed by atoms with Crippen LogP contribution in [0, 0.1) is 18.7 Å². The summed E-state index contributed by atoms with van der Waals surface area (Å²) in [6, 6.07) is 14.4. The van der Waals surface area contributed by atoms with Gasteiger partial charge in [-0.05, 0) is 61.4 Å². The van der Waals surface area contributed by atoms with Gasteiger partial charge in [0.05, 0.1) is 12.1 Å². The summed E-state index contributed by atoms with van der Waals surface area (Å²) in [5, 5.41) is 6.72. The van der Waals surface area contributed by atoms with Crippen LogP contribution in [0.15, 0.2) is 48.5 Å². The minimum absolute atomic E-state index is 0.108. The molecule has 32 heavy (non-hydrogen) atoms. The maximum atomic E-state index is 13.0. The van der Waals surface area contributed by atoms with Gasteiger partial charge < -0.3 is 14.7 Å². The van der Waals surface area contributed by atoms with Crippen LogP contribution in [-0.4, -0.2) is 42.3 Å². The molecule has 1 N–H and O–H groups in total. The van der Waals surface area contributed by atoms with Gasteiger partial charge in [-0.2, -0.15) is 8.78 Å². The minimum atomic E-state index is -3.17. The van der Waals surface area contributed by atoms with E-state index in [1.54, 1.807) is 17.0 Å². The molecule has 2 heterocycles. The predicted octanol–water partition coefficient (Wildman–Crippen LogP) is 4.96. The third-order valence-corrected chi connectivity index (χ3v) is 5.05. The summed E-state index contributed by atoms with van der Waals surface area (Å²) in [4.78, 5) is 13.0. The van der Waals surface area contributed by atoms with E-state index in [1.165, 1.54) is 37.0 Å². The zero-order valence-corrected chi connectivity index (χ0v) is 18.2. The standard InChI is InChI=1S/C16H14FNO.C6H12O.C2H2.CH2F2O/c17-14-7-5-13(6-8-14)16-15-4-2-1-3-12(15)9-10-18(16)11-19;1-6-4-2-3-5-7-6;1-2;2-1(3)4/h1-8,11,16H,9-10H2;6H,2-5H2,1H3;1-2H;1,4H/t16-;6-;;/m00../s1. The fourth-order valence-corrected chi connectivity index (χ4v) is 3.62. The lowest BCUT2D eigenvalue weighted by molar-refractivity contribution is -0.119. The van der Waals surface area contributed by atoms with Crippen LogP contribution in [0.4, 0.5) is 13.2 Å². The Bertz CT molecular complexity index is 803. The third-order valence-electron chi connectivity index (χ3n) is 5.05. The second kappa shape index (κ2) is 15.1. The number of carbonyl (C=O) groups excluding carboxylic acids is 1. The maximum absolute atomic E-state index is 13.0. The first kappa shape index (κ1) is 27.2. The molecule has 2 atom stereocenters. The van der Waals surface area contributed by atoms with Crippen molar-refractivity contribution in [3.05, 3.63) is 71.0 Å². The minimum Gasteiger partial charge on any atom is -0.379 e. The molecule has 1 fully saturated rings. The van der Waals surface area contributed by atoms with Crippen molar-refractivity contribution in [2.75, 3.05) is 13.2 Å². The van der Waals surface area contributed by atoms with Crippen LogP contribution in [0.25, 0.3) is 0 Å². The molecule has 4 nitrogen and oxygen atoms in total. The molecule has 4 rings (SSSR count). The van der Waals surface area contributed by atoms with Gasteiger partial charge in [-0.3, -0.25) is 4.79 Å². The van der Waals surface area contributed by atoms with E-state index >= 15 is 0 Å². The number of aliphatic hydroxyl groups is 1. The van der Waals surface area contributed by atoms with Crippen molar-refractivity contribution in [2.24, 2.45) is 0 Å². The lowest BCUT2D eigenvalue weighted by atomic mass is 9.88. The summed E-state index contributed by atoms with van der Waals surface area (Å²) in [6.07, 6.45) is 14.2. The van der Waals surface area contributed by atoms with E-state index in [0.717, 1.165) is 30.6 Å². The highest BCUT2D eigenvalue weighted by Gasteiger charge is 2.27. The third kappa shape index (κ3) is 9.13. The summed E-state index contributed by atoms with van der Waals surface area (Å²) >= 11 is 0. The van der Waals surface area contributed by atoms with E-state index in [2.05, 4.69) is 25.8 Å². The van der Waals surface area contributed by atoms with Crippen LogP contribution >= 0.6 is 0 Å². The van der Waals surface area contributed by atoms with Gasteiger partial charge in [-0.25, -0.2) is 4.39 Å². The number of aliphatic hydroxyl groups excluding tert-OH is 1. The van der Waals surface area contributed by atoms with Gasteiger partial charge in [-0.15, -0.1) is 12.8 Å². The molecular formula is C25H30F3NO3. The Labute approximate surface area is 188 Å². The van der Waals surface area contributed by atoms with Crippen molar-refractivity contribution >= 4 is 6.41 Å². The summed E-state index contributed by atoms with van der Waals surface area (Å²) in [7, 11) is 0. The highest BCUT2D eigenvalue weighted by molar-refractivity contribution is 5.54. The number of hydrogen-bond acceptors (Lipinski definition) is 3. The maximum Gasteiger partial charge on any atom is 0.342 e. The van der Waals surface area contributed by atoms with Gasteiger partial charge in [-0.1, -0.05) is 36.4 Å². The Morgan fingerprint density at radius 3 is 2.25 bits per heavy atom. The van der Waals surface area contributed by atoms with Gasteiger partial charge in [0.1, 0.15) is 5.82 Å². The first-order valence-electron chi connectivity index (χ1n) is 10.4. The van der Waals surface area contributed by atoms with Crippen LogP contribution in [-0.2, 0) is 16.0 Å². The van der Waals surface area contributed by atoms with Crippen molar-refractivity contribution in [1.29, 1.82) is 0 Å². The number of carbonyl (C=O) groups is 1. The Hall–Kier alpha value is -2.82. The normalized spacial score (nSPS) is 19.1. The molecule has 0 spiro atoms. The molecule has 7 heteroatoms. The number of halogens is 3. The van der Waals surface area contributed by atoms with E-state index in [0.29, 0.717) is 12.6 Å². The number of benzene rings is 2. The molecule has 2 aliphatic rings. The molecular weight excluding hydrogens is 419 g/mol. The smallest absolute Gasteiger partial charge is 0.342 e. The highest BCUT2D eigenvalue weighted by Crippen LogP contribution is 2.34. The summed E-state index contributed by atoms with van der Waals surface area (Å²) in [5.74, 6) is -0.259. The van der Waals surface area contributed by atoms with Crippen LogP contribution in [0.2, 0.25) is 0 Å². The number of terminal acetylenes is 1. The molecule has 0 saturated carbocycles. The first-order chi connectivity index (χ1) is 15.4. The van der Waals surface area contributed by atoms with Gasteiger partial charge in [0.2, 0.25) is 6.41 Å². The molecule has 2 aliphatic heterocycles. The van der Waals surface area contributed by atoms with Gasteiger partial charge >= 0.3 is 6.61 Å². The number of alkyl halides is 2. The van der Waals surface area contributed by atoms with E-state index in [9.17, 15) is 18.0 Å². The fourth-order valence-electron chi connectivity index (χ4n) is 3.62. The zero-order chi connectivity index (χ0) is 23.9. The van der Waals surface area contributed by atoms with Gasteiger partial charge in [0.25, 0.3) is 0 Å². The van der Waals surface area contributed by atoms with Gasteiger partial charge in [0, 0.05) is 13.2 Å². The second-order valence-corrected chi connectivity index (χ2v) is 7.20. The Morgan fingerprint density at radius 2 is 1.75 bits per heavy atom. The quantitative estimate of drug-likeness (QED) is 0.521. The Balaban J connectivity index is 0.000000326. The second-order valence-electron chi connectivity index (χ2n) is 7.20. The predicted molar refractivity (Wildman–Crippen MR) is 119 cm³/mol. The average Bonchev–Trinajstić information content (AvgIpc) is 2.81. The van der Waals surface area contributed by atoms with Crippen LogP contribution in [0.5, 0.6) is 0 Å². The molecule has 0 radical (unpaired) electrons. The van der Waals surface area contributed by atoms with E-state index in [4.69, 9.17) is 9.84 Å². The van der Waals surface area contributed by atoms with Crippen LogP contribution < -0.4 is 0 Å². The van der Waals surface area contributed by atoms with E-state index < -0.39 is 6.61 Å². The average molecular weight is 450 g/mol. The van der Waals surface area contributed by atoms with Crippen LogP contribution in [0.1, 0.15) is 48.9 Å². The van der Waals surface area contributed by atoms with Gasteiger partial charge in [0.15, 0.2) is 0 Å². The number of fused-ring (bicyclic) bond motifs is 1. The van der Waals surface area contributed by atoms with Crippen molar-refractivity contribution < 1.29 is 27.8 Å². The number of amides is 1. The van der Waals surface area contributed by atoms with E-state index in [1.807, 2.05) is 18.2 Å². The number of ether oxygens (including phenoxy) is 1. The number of rotatable bonds is 2. The lowest BCUT2D eigenvalue weighted by Gasteiger charge is -2.35. The molecule has 0 aliphatic carbocycles. The summed E-state index contributed by atoms with van der Waals surface area (Å²) in [6.45, 7) is 0.656. The van der Waals surface area contributed by atoms with Crippen molar-refractivity contribution in [1.82, 2.24) is 4.90 Å². The first-order valence-corrected chi connectivity index (χ1v) is 10.4. The number of hydrogen-bond donors (Lipinski definition) is 1. The molecule has 174 valence electrons. The highest BCUT2D eigenvalue weighted by atomic mass is 19.3. The SMILES string of the molecule is C#C.C[C@H]1CCCCO1.O=CN1CCc2ccccc2[C@@H]1c1ccc(F)cc1.OC(F)F. The molecule has 0 aromatic heterocycles. The number of nitrogens with zero attached hydrogens (tertiary/aromatic N) is 1. The topological polar surface area (TPSA) is 49.8 Å². The molecule has 2 aromatic rings. The molecule has 0 unspecified atom stereocenters. The molecule has 1 amide bonds. The summed E-state index contributed by atoms with van der Waals surface area (Å²) in [5.41, 5.74) is 3.34. The van der Waals surface area contributed by atoms with Crippen molar-refractivity contribution in [2.45, 2.75) is 51.4 Å². The Morgan fingerprint density at radius 1 is 1.12 bits per heavy atom. The van der Waals surface area contributed by atoms with Crippen molar-refractivity contribution in [3.63, 3.8) is 0 Å².